The van der Waals surface area contributed by atoms with Crippen LogP contribution < -0.4 is 0 Å². The highest BCUT2D eigenvalue weighted by molar-refractivity contribution is 7.26. The van der Waals surface area contributed by atoms with Gasteiger partial charge in [0.05, 0.1) is 22.1 Å². The van der Waals surface area contributed by atoms with Gasteiger partial charge in [-0.05, 0) is 76.0 Å². The fraction of sp³-hybridized carbons (Fsp3) is 0. The van der Waals surface area contributed by atoms with Gasteiger partial charge in [0.1, 0.15) is 0 Å². The molecule has 0 aliphatic heterocycles. The van der Waals surface area contributed by atoms with E-state index in [1.165, 1.54) is 108 Å². The van der Waals surface area contributed by atoms with Gasteiger partial charge in [-0.1, -0.05) is 109 Å². The van der Waals surface area contributed by atoms with Gasteiger partial charge in [-0.2, -0.15) is 0 Å². The van der Waals surface area contributed by atoms with Crippen molar-refractivity contribution in [2.45, 2.75) is 0 Å². The molecule has 1 aliphatic rings. The van der Waals surface area contributed by atoms with Crippen LogP contribution in [0.4, 0.5) is 0 Å². The normalized spacial score (nSPS) is 12.5. The summed E-state index contributed by atoms with van der Waals surface area (Å²) in [5.41, 5.74) is 12.6. The molecule has 0 radical (unpaired) electrons. The standard InChI is InChI=1S/C46H26N2S/c1-4-16-38-30(11-1)34-24-23-33-32-14-7-9-27-10-8-15-37(42(27)32)43(33)45(34)48(38)29-21-19-28(20-22-29)47-39-17-5-2-13-36(39)44-40(47)26-25-35-31-12-3-6-18-41(31)49-46(35)44/h1-26H. The van der Waals surface area contributed by atoms with E-state index in [-0.39, 0.29) is 0 Å². The summed E-state index contributed by atoms with van der Waals surface area (Å²) < 4.78 is 7.63. The van der Waals surface area contributed by atoms with Crippen molar-refractivity contribution >= 4 is 85.9 Å². The molecule has 1 aliphatic carbocycles. The van der Waals surface area contributed by atoms with Crippen LogP contribution in [0.5, 0.6) is 0 Å². The molecule has 3 aromatic heterocycles. The van der Waals surface area contributed by atoms with E-state index >= 15 is 0 Å². The molecule has 0 atom stereocenters. The maximum absolute atomic E-state index is 2.49. The maximum Gasteiger partial charge on any atom is 0.0625 e. The summed E-state index contributed by atoms with van der Waals surface area (Å²) in [4.78, 5) is 0. The van der Waals surface area contributed by atoms with Crippen molar-refractivity contribution in [1.29, 1.82) is 0 Å². The summed E-state index contributed by atoms with van der Waals surface area (Å²) >= 11 is 1.90. The number of hydrogen-bond acceptors (Lipinski definition) is 1. The minimum atomic E-state index is 1.17. The summed E-state index contributed by atoms with van der Waals surface area (Å²) in [7, 11) is 0. The minimum absolute atomic E-state index is 1.17. The van der Waals surface area contributed by atoms with E-state index in [0.29, 0.717) is 0 Å². The van der Waals surface area contributed by atoms with Gasteiger partial charge in [-0.25, -0.2) is 0 Å². The Morgan fingerprint density at radius 2 is 1.02 bits per heavy atom. The largest absolute Gasteiger partial charge is 0.309 e. The first-order valence-corrected chi connectivity index (χ1v) is 17.7. The van der Waals surface area contributed by atoms with Crippen LogP contribution in [0.15, 0.2) is 158 Å². The molecule has 2 nitrogen and oxygen atoms in total. The number of nitrogens with zero attached hydrogens (tertiary/aromatic N) is 2. The maximum atomic E-state index is 2.49. The van der Waals surface area contributed by atoms with Crippen molar-refractivity contribution in [2.24, 2.45) is 0 Å². The second-order valence-corrected chi connectivity index (χ2v) is 14.3. The van der Waals surface area contributed by atoms with E-state index in [9.17, 15) is 0 Å². The molecule has 12 rings (SSSR count). The Bertz CT molecular complexity index is 3200. The lowest BCUT2D eigenvalue weighted by Gasteiger charge is -2.14. The third kappa shape index (κ3) is 3.25. The highest BCUT2D eigenvalue weighted by Crippen LogP contribution is 2.52. The summed E-state index contributed by atoms with van der Waals surface area (Å²) in [5, 5.41) is 10.5. The average molecular weight is 639 g/mol. The third-order valence-electron chi connectivity index (χ3n) is 10.8. The van der Waals surface area contributed by atoms with Crippen LogP contribution in [0.3, 0.4) is 0 Å². The molecule has 0 N–H and O–H groups in total. The molecule has 0 bridgehead atoms. The van der Waals surface area contributed by atoms with Gasteiger partial charge in [-0.3, -0.25) is 0 Å². The van der Waals surface area contributed by atoms with E-state index in [2.05, 4.69) is 167 Å². The zero-order valence-electron chi connectivity index (χ0n) is 26.3. The molecular weight excluding hydrogens is 613 g/mol. The molecule has 3 heteroatoms. The van der Waals surface area contributed by atoms with Crippen LogP contribution in [-0.4, -0.2) is 9.13 Å². The van der Waals surface area contributed by atoms with Crippen molar-refractivity contribution in [2.75, 3.05) is 0 Å². The first-order chi connectivity index (χ1) is 24.3. The van der Waals surface area contributed by atoms with Crippen LogP contribution in [0.2, 0.25) is 0 Å². The quantitative estimate of drug-likeness (QED) is 0.178. The van der Waals surface area contributed by atoms with Crippen LogP contribution in [0, 0.1) is 0 Å². The smallest absolute Gasteiger partial charge is 0.0625 e. The van der Waals surface area contributed by atoms with Crippen LogP contribution in [0.25, 0.3) is 108 Å². The molecule has 226 valence electrons. The molecular formula is C46H26N2S. The molecule has 0 unspecified atom stereocenters. The van der Waals surface area contributed by atoms with E-state index in [0.717, 1.165) is 0 Å². The second-order valence-electron chi connectivity index (χ2n) is 13.2. The van der Waals surface area contributed by atoms with E-state index < -0.39 is 0 Å². The van der Waals surface area contributed by atoms with Gasteiger partial charge in [-0.15, -0.1) is 11.3 Å². The fourth-order valence-electron chi connectivity index (χ4n) is 8.86. The number of rotatable bonds is 2. The van der Waals surface area contributed by atoms with Gasteiger partial charge < -0.3 is 9.13 Å². The van der Waals surface area contributed by atoms with Crippen LogP contribution in [0.1, 0.15) is 0 Å². The average Bonchev–Trinajstić information content (AvgIpc) is 3.89. The second kappa shape index (κ2) is 9.25. The van der Waals surface area contributed by atoms with Gasteiger partial charge >= 0.3 is 0 Å². The molecule has 3 heterocycles. The first-order valence-electron chi connectivity index (χ1n) is 16.9. The van der Waals surface area contributed by atoms with E-state index in [1.54, 1.807) is 0 Å². The number of para-hydroxylation sites is 2. The molecule has 0 fully saturated rings. The van der Waals surface area contributed by atoms with Crippen molar-refractivity contribution in [1.82, 2.24) is 9.13 Å². The monoisotopic (exact) mass is 638 g/mol. The molecule has 49 heavy (non-hydrogen) atoms. The van der Waals surface area contributed by atoms with Crippen molar-refractivity contribution in [3.05, 3.63) is 158 Å². The lowest BCUT2D eigenvalue weighted by atomic mass is 10.0. The number of fused-ring (bicyclic) bond motifs is 14. The molecule has 11 aromatic rings. The number of benzene rings is 8. The van der Waals surface area contributed by atoms with Crippen LogP contribution in [-0.2, 0) is 0 Å². The predicted molar refractivity (Wildman–Crippen MR) is 210 cm³/mol. The van der Waals surface area contributed by atoms with E-state index in [4.69, 9.17) is 0 Å². The Labute approximate surface area is 285 Å². The summed E-state index contributed by atoms with van der Waals surface area (Å²) in [6.07, 6.45) is 0. The van der Waals surface area contributed by atoms with Gasteiger partial charge in [0, 0.05) is 58.7 Å². The third-order valence-corrected chi connectivity index (χ3v) is 12.1. The summed E-state index contributed by atoms with van der Waals surface area (Å²) in [5.74, 6) is 0. The zero-order chi connectivity index (χ0) is 31.8. The number of aromatic nitrogens is 2. The molecule has 0 saturated carbocycles. The molecule has 0 amide bonds. The van der Waals surface area contributed by atoms with Gasteiger partial charge in [0.2, 0.25) is 0 Å². The van der Waals surface area contributed by atoms with Gasteiger partial charge in [0.25, 0.3) is 0 Å². The Hall–Kier alpha value is -6.16. The van der Waals surface area contributed by atoms with Gasteiger partial charge in [0.15, 0.2) is 0 Å². The SMILES string of the molecule is c1cc2c3c(cccc3c1)-c1c-2ccc2c3ccccc3n(-c3ccc(-n4c5ccccc5c5c6sc7ccccc7c6ccc54)cc3)c12. The number of thiophene rings is 1. The topological polar surface area (TPSA) is 9.86 Å². The van der Waals surface area contributed by atoms with E-state index in [1.807, 2.05) is 11.3 Å². The van der Waals surface area contributed by atoms with Crippen molar-refractivity contribution in [3.8, 4) is 33.6 Å². The van der Waals surface area contributed by atoms with Crippen molar-refractivity contribution < 1.29 is 0 Å². The highest BCUT2D eigenvalue weighted by atomic mass is 32.1. The summed E-state index contributed by atoms with van der Waals surface area (Å²) in [6.45, 7) is 0. The Morgan fingerprint density at radius 3 is 1.84 bits per heavy atom. The summed E-state index contributed by atoms with van der Waals surface area (Å²) in [6, 6.07) is 58.5. The highest BCUT2D eigenvalue weighted by Gasteiger charge is 2.27. The fourth-order valence-corrected chi connectivity index (χ4v) is 10.1. The Morgan fingerprint density at radius 1 is 0.367 bits per heavy atom. The predicted octanol–water partition coefficient (Wildman–Crippen LogP) is 13.0. The Balaban J connectivity index is 1.11. The molecule has 0 saturated heterocycles. The first kappa shape index (κ1) is 25.9. The van der Waals surface area contributed by atoms with Crippen molar-refractivity contribution in [3.63, 3.8) is 0 Å². The molecule has 8 aromatic carbocycles. The van der Waals surface area contributed by atoms with Crippen LogP contribution >= 0.6 is 11.3 Å². The lowest BCUT2D eigenvalue weighted by Crippen LogP contribution is -1.98. The zero-order valence-corrected chi connectivity index (χ0v) is 27.1. The Kier molecular flexibility index (Phi) is 4.89. The lowest BCUT2D eigenvalue weighted by molar-refractivity contribution is 1.15. The number of hydrogen-bond donors (Lipinski definition) is 0. The molecule has 0 spiro atoms. The minimum Gasteiger partial charge on any atom is -0.309 e.